The van der Waals surface area contributed by atoms with Crippen LogP contribution < -0.4 is 0 Å². The molecule has 2 saturated carbocycles. The summed E-state index contributed by atoms with van der Waals surface area (Å²) in [4.78, 5) is 61.2. The van der Waals surface area contributed by atoms with Crippen molar-refractivity contribution in [3.8, 4) is 0 Å². The zero-order valence-electron chi connectivity index (χ0n) is 68.2. The smallest absolute Gasteiger partial charge is 0.307 e. The van der Waals surface area contributed by atoms with Crippen LogP contribution in [0.3, 0.4) is 0 Å². The van der Waals surface area contributed by atoms with Crippen LogP contribution in [-0.2, 0) is 95.0 Å². The Balaban J connectivity index is 0.000000215. The molecule has 108 heavy (non-hydrogen) atoms. The highest BCUT2D eigenvalue weighted by atomic mass is 16.7. The van der Waals surface area contributed by atoms with E-state index in [9.17, 15) is 19.2 Å². The molecule has 0 aromatic heterocycles. The van der Waals surface area contributed by atoms with E-state index in [1.54, 1.807) is 42.7 Å². The highest BCUT2D eigenvalue weighted by Crippen LogP contribution is 2.57. The van der Waals surface area contributed by atoms with Gasteiger partial charge in [-0.15, -0.1) is 0 Å². The predicted octanol–water partition coefficient (Wildman–Crippen LogP) is 12.1. The van der Waals surface area contributed by atoms with Gasteiger partial charge in [0.15, 0.2) is 36.7 Å². The van der Waals surface area contributed by atoms with Gasteiger partial charge in [-0.3, -0.25) is 19.2 Å². The van der Waals surface area contributed by atoms with Gasteiger partial charge in [-0.1, -0.05) is 76.3 Å². The topological polar surface area (TPSA) is 222 Å². The van der Waals surface area contributed by atoms with Crippen LogP contribution >= 0.6 is 0 Å². The second kappa shape index (κ2) is 38.9. The zero-order chi connectivity index (χ0) is 77.4. The maximum atomic E-state index is 14.7. The molecule has 22 heteroatoms. The quantitative estimate of drug-likeness (QED) is 0.0816. The van der Waals surface area contributed by atoms with Gasteiger partial charge in [0, 0.05) is 78.4 Å². The lowest BCUT2D eigenvalue weighted by atomic mass is 9.70. The van der Waals surface area contributed by atoms with Gasteiger partial charge in [0.2, 0.25) is 0 Å². The second-order valence-corrected chi connectivity index (χ2v) is 33.7. The number of methoxy groups -OCH3 is 6. The summed E-state index contributed by atoms with van der Waals surface area (Å²) < 4.78 is 99.4. The summed E-state index contributed by atoms with van der Waals surface area (Å²) in [5.41, 5.74) is 1.50. The third-order valence-electron chi connectivity index (χ3n) is 26.7. The number of carbonyl (C=O) groups excluding carboxylic acids is 4. The highest BCUT2D eigenvalue weighted by Gasteiger charge is 2.56. The summed E-state index contributed by atoms with van der Waals surface area (Å²) in [7, 11) is 18.3. The number of hydrogen-bond donors (Lipinski definition) is 0. The Kier molecular flexibility index (Phi) is 30.6. The number of cyclic esters (lactones) is 2. The highest BCUT2D eigenvalue weighted by molar-refractivity contribution is 6.00. The number of fused-ring (bicyclic) bond motifs is 10. The Hall–Kier alpha value is -3.92. The normalized spacial score (nSPS) is 44.6. The molecule has 0 N–H and O–H groups in total. The number of carbonyl (C=O) groups is 4. The average molecular weight is 1520 g/mol. The van der Waals surface area contributed by atoms with Crippen molar-refractivity contribution >= 4 is 23.5 Å². The van der Waals surface area contributed by atoms with E-state index in [-0.39, 0.29) is 205 Å². The van der Waals surface area contributed by atoms with Crippen molar-refractivity contribution in [1.29, 1.82) is 0 Å². The Bertz CT molecular complexity index is 2930. The maximum absolute atomic E-state index is 14.7. The van der Waals surface area contributed by atoms with Crippen molar-refractivity contribution in [3.05, 3.63) is 71.9 Å². The lowest BCUT2D eigenvalue weighted by Gasteiger charge is -2.44. The summed E-state index contributed by atoms with van der Waals surface area (Å²) in [5, 5.41) is 0. The molecule has 6 heterocycles. The Morgan fingerprint density at radius 2 is 0.806 bits per heavy atom. The van der Waals surface area contributed by atoms with Gasteiger partial charge in [0.05, 0.1) is 61.7 Å². The molecule has 0 bridgehead atoms. The van der Waals surface area contributed by atoms with Crippen LogP contribution in [0.4, 0.5) is 0 Å². The first-order valence-electron chi connectivity index (χ1n) is 41.3. The number of rotatable bonds is 20. The van der Waals surface area contributed by atoms with Gasteiger partial charge < -0.3 is 85.6 Å². The number of nitrogens with zero attached hydrogens (tertiary/aromatic N) is 2. The van der Waals surface area contributed by atoms with E-state index in [1.165, 1.54) is 0 Å². The largest absolute Gasteiger partial charge is 0.458 e. The number of ketones is 2. The van der Waals surface area contributed by atoms with Crippen LogP contribution in [0.25, 0.3) is 0 Å². The van der Waals surface area contributed by atoms with E-state index in [0.717, 1.165) is 88.2 Å². The molecule has 34 atom stereocenters. The molecule has 0 aromatic rings. The second-order valence-electron chi connectivity index (χ2n) is 33.7. The molecule has 0 amide bonds. The number of hydrogen-bond acceptors (Lipinski definition) is 22. The van der Waals surface area contributed by atoms with Crippen molar-refractivity contribution in [1.82, 2.24) is 9.80 Å². The van der Waals surface area contributed by atoms with E-state index in [1.807, 2.05) is 39.8 Å². The first-order chi connectivity index (χ1) is 51.9. The molecule has 12 rings (SSSR count). The molecule has 0 aromatic carbocycles. The molecular weight excluding hydrogens is 1380 g/mol. The summed E-state index contributed by atoms with van der Waals surface area (Å²) in [6.07, 6.45) is 29.1. The number of Topliss-reactive ketones (excluding diaryl/α,β-unsaturated/α-hetero) is 2. The number of likely N-dealkylation sites (N-methyl/N-ethyl adjacent to an activating group) is 2. The average Bonchev–Trinajstić information content (AvgIpc) is 1.59. The predicted molar refractivity (Wildman–Crippen MR) is 407 cm³/mol. The van der Waals surface area contributed by atoms with Crippen molar-refractivity contribution in [2.45, 2.75) is 306 Å². The standard InChI is InChI=1S/2C43H67NO10/c2*1-10-11-13-28-14-12-15-36(54-38-19-18-35(44(5)6)25(3)50-38)24(2)39(46)34-22-32-30(33(34)23-37(45)52-28)17-16-27-20-29(21-31(27)32)53-43-42(49-9)41(48-8)40(47-7)26(4)51-43/h2*11,13,16-17,22,24-33,35-36,38,40-43H,10,12,14-15,18-21,23H2,1-9H3/b2*13-11+/t2*24-,25-,26+,27?,28?,29-,30?,31?,32?,33?,35+,36+,38+,40+,41-,42-,43+/m11/s1. The Labute approximate surface area is 645 Å². The molecule has 12 unspecified atom stereocenters. The first-order valence-corrected chi connectivity index (χ1v) is 41.3. The number of allylic oxidation sites excluding steroid dienone is 10. The minimum atomic E-state index is -0.600. The van der Waals surface area contributed by atoms with E-state index in [2.05, 4.69) is 114 Å². The van der Waals surface area contributed by atoms with E-state index >= 15 is 0 Å². The fourth-order valence-electron chi connectivity index (χ4n) is 21.0. The van der Waals surface area contributed by atoms with Gasteiger partial charge in [0.1, 0.15) is 48.8 Å². The molecule has 6 saturated heterocycles. The minimum Gasteiger partial charge on any atom is -0.458 e. The third kappa shape index (κ3) is 19.4. The summed E-state index contributed by atoms with van der Waals surface area (Å²) in [6, 6.07) is 0.661. The van der Waals surface area contributed by atoms with Gasteiger partial charge in [-0.2, -0.15) is 0 Å². The lowest BCUT2D eigenvalue weighted by Crippen LogP contribution is -2.59. The fraction of sp³-hybridized carbons (Fsp3) is 0.814. The van der Waals surface area contributed by atoms with Crippen molar-refractivity contribution in [2.75, 3.05) is 70.8 Å². The SMILES string of the molecule is CC/C=C/C1CCC[C@H](O[C@H]2CC[C@H](N(C)C)[C@@H](C)O2)[C@@H](C)C(=O)C2=CC3C(C=CC4C[C@@H](O[C@@H]5O[C@@H](C)[C@H](OC)[C@@H](OC)[C@H]5OC)CC43)C2CC(=O)O1.CC/C=C/C1CCC[C@H](O[C@H]2CC[C@H](N(C)C)[C@@H](C)O2)[C@@H](C)C(=O)C2=CC3C(C=CC4C[C@@H](O[C@@H]5O[C@@H](C)[C@H](OC)[C@@H](OC)[C@H]5OC)CC43)C2CC(=O)O1. The first kappa shape index (κ1) is 85.0. The molecule has 608 valence electrons. The number of esters is 2. The van der Waals surface area contributed by atoms with Crippen LogP contribution in [0.15, 0.2) is 71.9 Å². The minimum absolute atomic E-state index is 0.0270. The molecule has 6 aliphatic heterocycles. The van der Waals surface area contributed by atoms with Crippen LogP contribution in [0.1, 0.15) is 171 Å². The lowest BCUT2D eigenvalue weighted by molar-refractivity contribution is -0.314. The molecule has 12 aliphatic rings. The summed E-state index contributed by atoms with van der Waals surface area (Å²) in [5.74, 6) is -0.245. The maximum Gasteiger partial charge on any atom is 0.307 e. The van der Waals surface area contributed by atoms with Gasteiger partial charge in [-0.25, -0.2) is 0 Å². The van der Waals surface area contributed by atoms with Gasteiger partial charge >= 0.3 is 11.9 Å². The van der Waals surface area contributed by atoms with Crippen LogP contribution in [0.2, 0.25) is 0 Å². The summed E-state index contributed by atoms with van der Waals surface area (Å²) in [6.45, 7) is 16.3. The van der Waals surface area contributed by atoms with E-state index in [0.29, 0.717) is 37.8 Å². The molecule has 6 aliphatic carbocycles. The zero-order valence-corrected chi connectivity index (χ0v) is 68.2. The third-order valence-corrected chi connectivity index (χ3v) is 26.7. The number of ether oxygens (including phenoxy) is 16. The van der Waals surface area contributed by atoms with Crippen LogP contribution in [0.5, 0.6) is 0 Å². The fourth-order valence-corrected chi connectivity index (χ4v) is 21.0. The van der Waals surface area contributed by atoms with Gasteiger partial charge in [-0.05, 0) is 229 Å². The molecule has 0 radical (unpaired) electrons. The van der Waals surface area contributed by atoms with E-state index < -0.39 is 24.8 Å². The monoisotopic (exact) mass is 1510 g/mol. The van der Waals surface area contributed by atoms with Crippen molar-refractivity contribution in [2.24, 2.45) is 71.0 Å². The molecule has 0 spiro atoms. The van der Waals surface area contributed by atoms with E-state index in [4.69, 9.17) is 75.8 Å². The molecular formula is C86H134N2O20. The van der Waals surface area contributed by atoms with Crippen molar-refractivity contribution in [3.63, 3.8) is 0 Å². The summed E-state index contributed by atoms with van der Waals surface area (Å²) >= 11 is 0. The van der Waals surface area contributed by atoms with Crippen LogP contribution in [-0.4, -0.2) is 239 Å². The molecule has 22 nitrogen and oxygen atoms in total. The van der Waals surface area contributed by atoms with Gasteiger partial charge in [0.25, 0.3) is 0 Å². The Morgan fingerprint density at radius 1 is 0.426 bits per heavy atom. The Morgan fingerprint density at radius 3 is 1.15 bits per heavy atom. The molecule has 8 fully saturated rings. The van der Waals surface area contributed by atoms with Crippen LogP contribution in [0, 0.1) is 71.0 Å². The van der Waals surface area contributed by atoms with Crippen molar-refractivity contribution < 1.29 is 95.0 Å².